The average molecular weight is 867 g/mol. The first-order valence-corrected chi connectivity index (χ1v) is 23.5. The number of ether oxygens (including phenoxy) is 6. The maximum Gasteiger partial charge on any atom is 0.331 e. The predicted octanol–water partition coefficient (Wildman–Crippen LogP) is 8.60. The van der Waals surface area contributed by atoms with E-state index < -0.39 is 94.9 Å². The van der Waals surface area contributed by atoms with Crippen molar-refractivity contribution < 1.29 is 53.0 Å². The highest BCUT2D eigenvalue weighted by Gasteiger charge is 2.91. The van der Waals surface area contributed by atoms with Crippen LogP contribution in [0.5, 0.6) is 0 Å². The molecule has 11 heteroatoms. The van der Waals surface area contributed by atoms with Gasteiger partial charge in [0.05, 0.1) is 5.60 Å². The molecule has 0 amide bonds. The highest BCUT2D eigenvalue weighted by molar-refractivity contribution is 6.05. The molecule has 3 aliphatic heterocycles. The van der Waals surface area contributed by atoms with E-state index in [1.807, 2.05) is 55.5 Å². The van der Waals surface area contributed by atoms with Gasteiger partial charge in [0.15, 0.2) is 22.6 Å². The van der Waals surface area contributed by atoms with Crippen LogP contribution in [0.4, 0.5) is 0 Å². The number of hydrogen-bond acceptors (Lipinski definition) is 11. The van der Waals surface area contributed by atoms with Crippen LogP contribution in [0.25, 0.3) is 6.08 Å². The molecule has 12 atom stereocenters. The smallest absolute Gasteiger partial charge is 0.331 e. The Labute approximate surface area is 372 Å². The summed E-state index contributed by atoms with van der Waals surface area (Å²) in [4.78, 5) is 41.6. The summed E-state index contributed by atoms with van der Waals surface area (Å²) in [6, 6.07) is 18.4. The van der Waals surface area contributed by atoms with Crippen LogP contribution in [0, 0.1) is 17.8 Å². The van der Waals surface area contributed by atoms with Gasteiger partial charge in [-0.25, -0.2) is 4.79 Å². The fourth-order valence-corrected chi connectivity index (χ4v) is 11.7. The van der Waals surface area contributed by atoms with Gasteiger partial charge in [0.1, 0.15) is 31.0 Å². The van der Waals surface area contributed by atoms with E-state index in [1.165, 1.54) is 63.9 Å². The number of unbranched alkanes of at least 4 members (excludes halogenated alkanes) is 12. The summed E-state index contributed by atoms with van der Waals surface area (Å²) in [6.07, 6.45) is 15.3. The second-order valence-electron chi connectivity index (χ2n) is 19.0. The van der Waals surface area contributed by atoms with E-state index in [-0.39, 0.29) is 12.0 Å². The van der Waals surface area contributed by atoms with Gasteiger partial charge < -0.3 is 38.6 Å². The van der Waals surface area contributed by atoms with Gasteiger partial charge in [0, 0.05) is 35.8 Å². The summed E-state index contributed by atoms with van der Waals surface area (Å²) in [5.74, 6) is -6.56. The van der Waals surface area contributed by atoms with Crippen LogP contribution in [0.15, 0.2) is 90.5 Å². The number of hydrogen-bond donors (Lipinski definition) is 2. The summed E-state index contributed by atoms with van der Waals surface area (Å²) in [6.45, 7) is 11.5. The van der Waals surface area contributed by atoms with E-state index in [4.69, 9.17) is 28.4 Å². The standard InChI is InChI=1S/C52H66O11/c1-6-7-8-9-10-11-12-13-14-15-16-17-24-29-40(53)58-33-48-45(60-48)42-46-50(34(2)3)44(59-41(54)31-30-37-25-20-18-21-26-37)36(5)51(42,39-32-35(4)43(55)49(39,57)47(48)56)63-52(61-46,62-50)38-27-22-19-23-28-38/h18-23,25-28,30-32,36,39,42,44-47,56-57H,2,6-17,24,29,33H2,1,3-5H3/b31-30+/t36-,39+,42+,44+,45-,46-,47-,48-,49-,50+,51+,52-/m1/s1. The van der Waals surface area contributed by atoms with Crippen molar-refractivity contribution in [2.75, 3.05) is 6.61 Å². The molecular formula is C52H66O11. The maximum atomic E-state index is 14.4. The first kappa shape index (κ1) is 45.6. The third-order valence-electron chi connectivity index (χ3n) is 15.0. The van der Waals surface area contributed by atoms with E-state index in [9.17, 15) is 24.6 Å². The van der Waals surface area contributed by atoms with Crippen LogP contribution >= 0.6 is 0 Å². The molecule has 5 fully saturated rings. The van der Waals surface area contributed by atoms with Crippen LogP contribution in [0.1, 0.15) is 129 Å². The Balaban J connectivity index is 1.05. The molecule has 11 nitrogen and oxygen atoms in total. The van der Waals surface area contributed by atoms with E-state index >= 15 is 0 Å². The van der Waals surface area contributed by atoms with Crippen molar-refractivity contribution in [1.82, 2.24) is 0 Å². The molecule has 3 aliphatic carbocycles. The lowest BCUT2D eigenvalue weighted by molar-refractivity contribution is -0.440. The number of aliphatic hydroxyl groups is 2. The van der Waals surface area contributed by atoms with E-state index in [0.29, 0.717) is 17.6 Å². The van der Waals surface area contributed by atoms with Gasteiger partial charge in [-0.2, -0.15) is 0 Å². The Morgan fingerprint density at radius 3 is 2.06 bits per heavy atom. The number of aliphatic hydroxyl groups excluding tert-OH is 1. The molecular weight excluding hydrogens is 801 g/mol. The third-order valence-corrected chi connectivity index (χ3v) is 15.0. The number of ketones is 1. The fourth-order valence-electron chi connectivity index (χ4n) is 11.7. The first-order valence-electron chi connectivity index (χ1n) is 23.5. The average Bonchev–Trinajstić information content (AvgIpc) is 3.89. The van der Waals surface area contributed by atoms with Crippen molar-refractivity contribution in [3.8, 4) is 0 Å². The van der Waals surface area contributed by atoms with Crippen molar-refractivity contribution in [2.24, 2.45) is 17.8 Å². The Bertz CT molecular complexity index is 2070. The number of epoxide rings is 1. The van der Waals surface area contributed by atoms with Crippen molar-refractivity contribution in [3.05, 3.63) is 102 Å². The van der Waals surface area contributed by atoms with Gasteiger partial charge in [-0.1, -0.05) is 164 Å². The summed E-state index contributed by atoms with van der Waals surface area (Å²) in [5.41, 5.74) is -5.31. The maximum absolute atomic E-state index is 14.4. The number of carbonyl (C=O) groups is 3. The van der Waals surface area contributed by atoms with E-state index in [2.05, 4.69) is 13.5 Å². The molecule has 3 heterocycles. The highest BCUT2D eigenvalue weighted by Crippen LogP contribution is 2.74. The molecule has 0 aromatic heterocycles. The van der Waals surface area contributed by atoms with Crippen LogP contribution in [0.2, 0.25) is 0 Å². The SMILES string of the molecule is C=C(C)[C@@]12O[C@@]3(c4ccccc4)O[C@@H]1[C@@H]1[C@H]4O[C@@]4(COC(=O)CCCCCCCCCCCCCCC)[C@@H](O)[C@]4(O)C(=O)C(C)=C[C@@H]4[C@@]1(O3)[C@H](C)[C@@H]2OC(=O)/C=C/c1ccccc1. The van der Waals surface area contributed by atoms with Crippen molar-refractivity contribution >= 4 is 23.8 Å². The molecule has 2 N–H and O–H groups in total. The van der Waals surface area contributed by atoms with Crippen molar-refractivity contribution in [1.29, 1.82) is 0 Å². The Hall–Kier alpha value is -3.97. The molecule has 2 saturated carbocycles. The minimum absolute atomic E-state index is 0.193. The molecule has 0 radical (unpaired) electrons. The van der Waals surface area contributed by atoms with E-state index in [0.717, 1.165) is 24.8 Å². The normalized spacial score (nSPS) is 36.9. The van der Waals surface area contributed by atoms with Gasteiger partial charge in [-0.05, 0) is 43.1 Å². The number of Topliss-reactive ketones (excluding diaryl/α,β-unsaturated/α-hetero) is 1. The zero-order valence-corrected chi connectivity index (χ0v) is 37.4. The van der Waals surface area contributed by atoms with Gasteiger partial charge in [0.2, 0.25) is 0 Å². The predicted molar refractivity (Wildman–Crippen MR) is 236 cm³/mol. The van der Waals surface area contributed by atoms with Crippen molar-refractivity contribution in [2.45, 2.75) is 170 Å². The molecule has 6 aliphatic rings. The van der Waals surface area contributed by atoms with E-state index in [1.54, 1.807) is 38.1 Å². The number of fused-ring (bicyclic) bond motifs is 3. The van der Waals surface area contributed by atoms with Gasteiger partial charge >= 0.3 is 17.9 Å². The summed E-state index contributed by atoms with van der Waals surface area (Å²) >= 11 is 0. The molecule has 63 heavy (non-hydrogen) atoms. The monoisotopic (exact) mass is 866 g/mol. The molecule has 2 aromatic carbocycles. The first-order chi connectivity index (χ1) is 30.3. The molecule has 8 rings (SSSR count). The molecule has 2 aromatic rings. The largest absolute Gasteiger partial charge is 0.462 e. The summed E-state index contributed by atoms with van der Waals surface area (Å²) in [5, 5.41) is 25.5. The number of rotatable bonds is 21. The van der Waals surface area contributed by atoms with Gasteiger partial charge in [-0.15, -0.1) is 0 Å². The van der Waals surface area contributed by atoms with Gasteiger partial charge in [0.25, 0.3) is 0 Å². The van der Waals surface area contributed by atoms with Crippen LogP contribution in [-0.2, 0) is 48.8 Å². The zero-order valence-electron chi connectivity index (χ0n) is 37.4. The minimum atomic E-state index is -2.48. The van der Waals surface area contributed by atoms with Crippen molar-refractivity contribution in [3.63, 3.8) is 0 Å². The second kappa shape index (κ2) is 18.1. The quantitative estimate of drug-likeness (QED) is 0.0408. The highest BCUT2D eigenvalue weighted by atomic mass is 16.9. The van der Waals surface area contributed by atoms with Crippen LogP contribution < -0.4 is 0 Å². The Morgan fingerprint density at radius 2 is 1.44 bits per heavy atom. The van der Waals surface area contributed by atoms with Crippen LogP contribution in [0.3, 0.4) is 0 Å². The minimum Gasteiger partial charge on any atom is -0.462 e. The van der Waals surface area contributed by atoms with Gasteiger partial charge in [-0.3, -0.25) is 9.59 Å². The third kappa shape index (κ3) is 7.68. The molecule has 0 spiro atoms. The van der Waals surface area contributed by atoms with Crippen LogP contribution in [-0.4, -0.2) is 81.4 Å². The molecule has 340 valence electrons. The molecule has 3 bridgehead atoms. The summed E-state index contributed by atoms with van der Waals surface area (Å²) in [7, 11) is 0. The number of esters is 2. The Morgan fingerprint density at radius 1 is 0.841 bits per heavy atom. The Kier molecular flexibility index (Phi) is 13.1. The molecule has 0 unspecified atom stereocenters. The fraction of sp³-hybridized carbons (Fsp3) is 0.596. The zero-order chi connectivity index (χ0) is 44.6. The lowest BCUT2D eigenvalue weighted by atomic mass is 9.53. The summed E-state index contributed by atoms with van der Waals surface area (Å²) < 4.78 is 40.3. The lowest BCUT2D eigenvalue weighted by Gasteiger charge is -2.61. The lowest BCUT2D eigenvalue weighted by Crippen LogP contribution is -2.76. The topological polar surface area (TPSA) is 150 Å². The number of benzene rings is 2. The molecule has 3 saturated heterocycles. The number of carbonyl (C=O) groups excluding carboxylic acids is 3. The second-order valence-corrected chi connectivity index (χ2v) is 19.0.